The molecule has 0 bridgehead atoms. The second-order valence-corrected chi connectivity index (χ2v) is 10.7. The van der Waals surface area contributed by atoms with Crippen molar-refractivity contribution < 1.29 is 24.0 Å². The van der Waals surface area contributed by atoms with Gasteiger partial charge in [0, 0.05) is 23.8 Å². The first kappa shape index (κ1) is 22.8. The molecule has 0 unspecified atom stereocenters. The van der Waals surface area contributed by atoms with E-state index in [9.17, 15) is 14.7 Å². The Morgan fingerprint density at radius 1 is 1.20 bits per heavy atom. The number of carbonyl (C=O) groups is 2. The number of carbonyl (C=O) groups excluding carboxylic acids is 1. The van der Waals surface area contributed by atoms with Crippen LogP contribution in [0.2, 0.25) is 0 Å². The number of ether oxygens (including phenoxy) is 1. The largest absolute Gasteiger partial charge is 0.481 e. The van der Waals surface area contributed by atoms with E-state index in [0.29, 0.717) is 24.2 Å². The average Bonchev–Trinajstić information content (AvgIpc) is 3.31. The molecule has 6 heteroatoms. The van der Waals surface area contributed by atoms with E-state index in [0.717, 1.165) is 43.1 Å². The predicted molar refractivity (Wildman–Crippen MR) is 113 cm³/mol. The molecule has 0 radical (unpaired) electrons. The fraction of sp³-hybridized carbons (Fsp3) is 0.792. The molecule has 0 spiro atoms. The van der Waals surface area contributed by atoms with Gasteiger partial charge in [0.1, 0.15) is 11.4 Å². The second-order valence-electron chi connectivity index (χ2n) is 10.7. The van der Waals surface area contributed by atoms with E-state index in [2.05, 4.69) is 19.0 Å². The highest BCUT2D eigenvalue weighted by atomic mass is 16.6. The number of hydrogen-bond donors (Lipinski definition) is 1. The summed E-state index contributed by atoms with van der Waals surface area (Å²) in [6.45, 7) is 10.0. The molecule has 30 heavy (non-hydrogen) atoms. The summed E-state index contributed by atoms with van der Waals surface area (Å²) in [7, 11) is 0. The van der Waals surface area contributed by atoms with E-state index in [4.69, 9.17) is 9.26 Å². The monoisotopic (exact) mass is 419 g/mol. The molecule has 0 amide bonds. The third kappa shape index (κ3) is 6.08. The van der Waals surface area contributed by atoms with Crippen molar-refractivity contribution in [3.63, 3.8) is 0 Å². The summed E-state index contributed by atoms with van der Waals surface area (Å²) in [5.41, 5.74) is 1.40. The highest BCUT2D eigenvalue weighted by Gasteiger charge is 2.41. The maximum atomic E-state index is 12.5. The average molecular weight is 420 g/mol. The van der Waals surface area contributed by atoms with Crippen molar-refractivity contribution in [3.05, 3.63) is 17.0 Å². The van der Waals surface area contributed by atoms with E-state index >= 15 is 0 Å². The standard InChI is InChI=1S/C24H37NO5/c1-14(2)10-15-11-18(12-15)23-21(16-6-7-16)22(25-30-23)17(8-9-19(26)27)13-20(28)29-24(3,4)5/h14-18H,6-13H2,1-5H3,(H,26,27)/t15-,17-,18+/m0/s1. The number of aromatic nitrogens is 1. The van der Waals surface area contributed by atoms with Gasteiger partial charge in [-0.1, -0.05) is 19.0 Å². The normalized spacial score (nSPS) is 22.6. The second kappa shape index (κ2) is 9.11. The minimum absolute atomic E-state index is 0.000342. The lowest BCUT2D eigenvalue weighted by atomic mass is 9.69. The molecule has 1 atom stereocenters. The van der Waals surface area contributed by atoms with Crippen LogP contribution < -0.4 is 0 Å². The molecule has 3 rings (SSSR count). The molecule has 2 aliphatic rings. The fourth-order valence-corrected chi connectivity index (χ4v) is 4.72. The van der Waals surface area contributed by atoms with Gasteiger partial charge in [-0.2, -0.15) is 0 Å². The number of carboxylic acids is 1. The van der Waals surface area contributed by atoms with Gasteiger partial charge in [-0.25, -0.2) is 0 Å². The van der Waals surface area contributed by atoms with Crippen molar-refractivity contribution in [2.24, 2.45) is 11.8 Å². The van der Waals surface area contributed by atoms with Gasteiger partial charge in [-0.3, -0.25) is 9.59 Å². The Labute approximate surface area is 179 Å². The van der Waals surface area contributed by atoms with Gasteiger partial charge in [0.15, 0.2) is 0 Å². The molecule has 2 aliphatic carbocycles. The van der Waals surface area contributed by atoms with Gasteiger partial charge in [0.05, 0.1) is 12.1 Å². The number of rotatable bonds is 10. The lowest BCUT2D eigenvalue weighted by Crippen LogP contribution is -2.25. The SMILES string of the molecule is CC(C)C[C@H]1C[C@@H](c2onc([C@@H](CCC(=O)O)CC(=O)OC(C)(C)C)c2C2CC2)C1. The summed E-state index contributed by atoms with van der Waals surface area (Å²) in [6.07, 6.45) is 6.24. The van der Waals surface area contributed by atoms with E-state index in [1.165, 1.54) is 12.0 Å². The van der Waals surface area contributed by atoms with Crippen LogP contribution in [0.1, 0.15) is 121 Å². The quantitative estimate of drug-likeness (QED) is 0.484. The zero-order valence-electron chi connectivity index (χ0n) is 19.1. The number of hydrogen-bond acceptors (Lipinski definition) is 5. The zero-order chi connectivity index (χ0) is 22.1. The van der Waals surface area contributed by atoms with Gasteiger partial charge in [0.25, 0.3) is 0 Å². The lowest BCUT2D eigenvalue weighted by molar-refractivity contribution is -0.155. The van der Waals surface area contributed by atoms with Crippen molar-refractivity contribution >= 4 is 11.9 Å². The maximum absolute atomic E-state index is 12.5. The van der Waals surface area contributed by atoms with E-state index in [1.54, 1.807) is 0 Å². The van der Waals surface area contributed by atoms with Gasteiger partial charge in [0.2, 0.25) is 0 Å². The van der Waals surface area contributed by atoms with Gasteiger partial charge < -0.3 is 14.4 Å². The molecular formula is C24H37NO5. The number of nitrogens with zero attached hydrogens (tertiary/aromatic N) is 1. The fourth-order valence-electron chi connectivity index (χ4n) is 4.72. The molecule has 6 nitrogen and oxygen atoms in total. The molecule has 2 fully saturated rings. The first-order chi connectivity index (χ1) is 14.0. The van der Waals surface area contributed by atoms with Crippen LogP contribution in [0.3, 0.4) is 0 Å². The predicted octanol–water partition coefficient (Wildman–Crippen LogP) is 5.77. The first-order valence-electron chi connectivity index (χ1n) is 11.5. The van der Waals surface area contributed by atoms with Crippen LogP contribution >= 0.6 is 0 Å². The van der Waals surface area contributed by atoms with Crippen molar-refractivity contribution in [1.82, 2.24) is 5.16 Å². The molecule has 2 saturated carbocycles. The Hall–Kier alpha value is -1.85. The van der Waals surface area contributed by atoms with Crippen LogP contribution in [-0.4, -0.2) is 27.8 Å². The Morgan fingerprint density at radius 2 is 1.87 bits per heavy atom. The van der Waals surface area contributed by atoms with Crippen LogP contribution in [-0.2, 0) is 14.3 Å². The van der Waals surface area contributed by atoms with Crippen molar-refractivity contribution in [2.45, 2.75) is 109 Å². The minimum atomic E-state index is -0.864. The smallest absolute Gasteiger partial charge is 0.306 e. The van der Waals surface area contributed by atoms with Crippen LogP contribution in [0, 0.1) is 11.8 Å². The summed E-state index contributed by atoms with van der Waals surface area (Å²) >= 11 is 0. The molecule has 1 heterocycles. The Bertz CT molecular complexity index is 750. The van der Waals surface area contributed by atoms with E-state index < -0.39 is 11.6 Å². The molecule has 0 saturated heterocycles. The lowest BCUT2D eigenvalue weighted by Gasteiger charge is -2.35. The summed E-state index contributed by atoms with van der Waals surface area (Å²) < 4.78 is 11.4. The molecular weight excluding hydrogens is 382 g/mol. The van der Waals surface area contributed by atoms with Crippen LogP contribution in [0.25, 0.3) is 0 Å². The Morgan fingerprint density at radius 3 is 2.40 bits per heavy atom. The zero-order valence-corrected chi connectivity index (χ0v) is 19.1. The third-order valence-corrected chi connectivity index (χ3v) is 6.11. The third-order valence-electron chi connectivity index (χ3n) is 6.11. The molecule has 1 aromatic rings. The van der Waals surface area contributed by atoms with E-state index in [-0.39, 0.29) is 24.7 Å². The highest BCUT2D eigenvalue weighted by Crippen LogP contribution is 2.52. The van der Waals surface area contributed by atoms with Crippen LogP contribution in [0.5, 0.6) is 0 Å². The summed E-state index contributed by atoms with van der Waals surface area (Å²) in [6, 6.07) is 0. The maximum Gasteiger partial charge on any atom is 0.306 e. The Balaban J connectivity index is 1.78. The minimum Gasteiger partial charge on any atom is -0.481 e. The van der Waals surface area contributed by atoms with Gasteiger partial charge >= 0.3 is 11.9 Å². The first-order valence-corrected chi connectivity index (χ1v) is 11.5. The number of aliphatic carboxylic acids is 1. The highest BCUT2D eigenvalue weighted by molar-refractivity contribution is 5.71. The number of carboxylic acid groups (broad SMARTS) is 1. The van der Waals surface area contributed by atoms with Crippen LogP contribution in [0.15, 0.2) is 4.52 Å². The Kier molecular flexibility index (Phi) is 6.93. The molecule has 1 aromatic heterocycles. The summed E-state index contributed by atoms with van der Waals surface area (Å²) in [5.74, 6) is 1.84. The topological polar surface area (TPSA) is 89.6 Å². The van der Waals surface area contributed by atoms with Gasteiger partial charge in [-0.05, 0) is 77.0 Å². The summed E-state index contributed by atoms with van der Waals surface area (Å²) in [4.78, 5) is 23.7. The van der Waals surface area contributed by atoms with Crippen molar-refractivity contribution in [3.8, 4) is 0 Å². The molecule has 1 N–H and O–H groups in total. The van der Waals surface area contributed by atoms with Crippen molar-refractivity contribution in [1.29, 1.82) is 0 Å². The van der Waals surface area contributed by atoms with Gasteiger partial charge in [-0.15, -0.1) is 0 Å². The summed E-state index contributed by atoms with van der Waals surface area (Å²) in [5, 5.41) is 13.6. The number of esters is 1. The van der Waals surface area contributed by atoms with Crippen molar-refractivity contribution in [2.75, 3.05) is 0 Å². The molecule has 168 valence electrons. The van der Waals surface area contributed by atoms with E-state index in [1.807, 2.05) is 20.8 Å². The molecule has 0 aliphatic heterocycles. The molecule has 0 aromatic carbocycles. The van der Waals surface area contributed by atoms with Crippen LogP contribution in [0.4, 0.5) is 0 Å².